The summed E-state index contributed by atoms with van der Waals surface area (Å²) in [5.41, 5.74) is 5.48. The Bertz CT molecular complexity index is 542. The lowest BCUT2D eigenvalue weighted by molar-refractivity contribution is 0.362. The van der Waals surface area contributed by atoms with Crippen LogP contribution in [0.15, 0.2) is 0 Å². The summed E-state index contributed by atoms with van der Waals surface area (Å²) in [6, 6.07) is 0. The summed E-state index contributed by atoms with van der Waals surface area (Å²) < 4.78 is 25.1. The van der Waals surface area contributed by atoms with Gasteiger partial charge in [0, 0.05) is 11.5 Å². The van der Waals surface area contributed by atoms with Gasteiger partial charge >= 0.3 is 0 Å². The van der Waals surface area contributed by atoms with E-state index >= 15 is 0 Å². The molecule has 0 saturated carbocycles. The van der Waals surface area contributed by atoms with Crippen molar-refractivity contribution in [2.75, 3.05) is 11.5 Å². The molecule has 2 N–H and O–H groups in total. The third-order valence-electron chi connectivity index (χ3n) is 3.21. The number of aromatic nitrogens is 3. The minimum absolute atomic E-state index is 0.0537. The number of rotatable bonds is 2. The van der Waals surface area contributed by atoms with Gasteiger partial charge in [-0.3, -0.25) is 0 Å². The Morgan fingerprint density at radius 2 is 2.06 bits per heavy atom. The van der Waals surface area contributed by atoms with E-state index in [9.17, 15) is 8.42 Å². The van der Waals surface area contributed by atoms with E-state index in [2.05, 4.69) is 10.2 Å². The van der Waals surface area contributed by atoms with E-state index in [0.29, 0.717) is 18.8 Å². The van der Waals surface area contributed by atoms with Crippen LogP contribution < -0.4 is 5.73 Å². The molecule has 1 aliphatic rings. The van der Waals surface area contributed by atoms with Crippen molar-refractivity contribution < 1.29 is 8.42 Å². The quantitative estimate of drug-likeness (QED) is 0.841. The average molecular weight is 272 g/mol. The lowest BCUT2D eigenvalue weighted by Gasteiger charge is -2.26. The van der Waals surface area contributed by atoms with E-state index in [0.717, 1.165) is 5.82 Å². The van der Waals surface area contributed by atoms with Crippen LogP contribution in [0.4, 0.5) is 0 Å². The lowest BCUT2D eigenvalue weighted by Crippen LogP contribution is -2.28. The molecule has 18 heavy (non-hydrogen) atoms. The first kappa shape index (κ1) is 13.5. The molecular weight excluding hydrogens is 252 g/mol. The van der Waals surface area contributed by atoms with E-state index in [1.807, 2.05) is 25.3 Å². The van der Waals surface area contributed by atoms with Crippen LogP contribution in [0, 0.1) is 0 Å². The van der Waals surface area contributed by atoms with E-state index in [4.69, 9.17) is 5.73 Å². The van der Waals surface area contributed by atoms with Crippen molar-refractivity contribution in [1.82, 2.24) is 14.8 Å². The summed E-state index contributed by atoms with van der Waals surface area (Å²) in [6.07, 6.45) is 0.626. The van der Waals surface area contributed by atoms with Gasteiger partial charge in [0.15, 0.2) is 9.84 Å². The van der Waals surface area contributed by atoms with E-state index in [1.165, 1.54) is 0 Å². The van der Waals surface area contributed by atoms with Gasteiger partial charge in [0.25, 0.3) is 0 Å². The zero-order valence-corrected chi connectivity index (χ0v) is 11.9. The van der Waals surface area contributed by atoms with Crippen LogP contribution in [-0.2, 0) is 21.9 Å². The average Bonchev–Trinajstić information content (AvgIpc) is 2.79. The monoisotopic (exact) mass is 272 g/mol. The Kier molecular flexibility index (Phi) is 3.23. The summed E-state index contributed by atoms with van der Waals surface area (Å²) in [7, 11) is -2.92. The summed E-state index contributed by atoms with van der Waals surface area (Å²) >= 11 is 0. The number of hydrogen-bond acceptors (Lipinski definition) is 5. The van der Waals surface area contributed by atoms with Crippen LogP contribution >= 0.6 is 0 Å². The molecule has 2 rings (SSSR count). The molecule has 0 aromatic carbocycles. The Morgan fingerprint density at radius 1 is 1.39 bits per heavy atom. The van der Waals surface area contributed by atoms with E-state index < -0.39 is 9.84 Å². The van der Waals surface area contributed by atoms with Gasteiger partial charge in [-0.15, -0.1) is 10.2 Å². The SMILES string of the molecule is CC(C)(C)n1c(CN)nnc1C1CCS(=O)(=O)C1. The predicted molar refractivity (Wildman–Crippen MR) is 68.9 cm³/mol. The lowest BCUT2D eigenvalue weighted by atomic mass is 10.0. The predicted octanol–water partition coefficient (Wildman–Crippen LogP) is 0.394. The fourth-order valence-corrected chi connectivity index (χ4v) is 4.20. The Labute approximate surface area is 108 Å². The first-order valence-corrected chi connectivity index (χ1v) is 7.92. The number of sulfone groups is 1. The van der Waals surface area contributed by atoms with E-state index in [-0.39, 0.29) is 23.0 Å². The fourth-order valence-electron chi connectivity index (χ4n) is 2.46. The van der Waals surface area contributed by atoms with Crippen molar-refractivity contribution >= 4 is 9.84 Å². The van der Waals surface area contributed by atoms with Crippen molar-refractivity contribution in [2.45, 2.75) is 45.2 Å². The molecule has 0 amide bonds. The first-order valence-electron chi connectivity index (χ1n) is 6.10. The first-order chi connectivity index (χ1) is 8.24. The molecule has 0 radical (unpaired) electrons. The van der Waals surface area contributed by atoms with Crippen molar-refractivity contribution in [3.05, 3.63) is 11.6 Å². The Balaban J connectivity index is 2.44. The molecule has 1 unspecified atom stereocenters. The van der Waals surface area contributed by atoms with Crippen molar-refractivity contribution in [3.8, 4) is 0 Å². The molecule has 0 aliphatic carbocycles. The third kappa shape index (κ3) is 2.42. The van der Waals surface area contributed by atoms with Crippen LogP contribution in [0.25, 0.3) is 0 Å². The highest BCUT2D eigenvalue weighted by Gasteiger charge is 2.35. The van der Waals surface area contributed by atoms with Crippen LogP contribution in [0.2, 0.25) is 0 Å². The normalized spacial score (nSPS) is 23.4. The smallest absolute Gasteiger partial charge is 0.151 e. The maximum atomic E-state index is 11.6. The van der Waals surface area contributed by atoms with Gasteiger partial charge in [0.05, 0.1) is 18.1 Å². The molecule has 7 heteroatoms. The Morgan fingerprint density at radius 3 is 2.50 bits per heavy atom. The number of hydrogen-bond donors (Lipinski definition) is 1. The van der Waals surface area contributed by atoms with Gasteiger partial charge in [-0.05, 0) is 27.2 Å². The maximum absolute atomic E-state index is 11.6. The standard InChI is InChI=1S/C11H20N4O2S/c1-11(2,3)15-9(6-12)13-14-10(15)8-4-5-18(16,17)7-8/h8H,4-7,12H2,1-3H3. The molecule has 0 bridgehead atoms. The minimum atomic E-state index is -2.92. The van der Waals surface area contributed by atoms with Crippen LogP contribution in [-0.4, -0.2) is 34.7 Å². The zero-order chi connectivity index (χ0) is 13.6. The van der Waals surface area contributed by atoms with Crippen molar-refractivity contribution in [1.29, 1.82) is 0 Å². The molecule has 1 aromatic heterocycles. The Hall–Kier alpha value is -0.950. The summed E-state index contributed by atoms with van der Waals surface area (Å²) in [4.78, 5) is 0. The third-order valence-corrected chi connectivity index (χ3v) is 4.97. The van der Waals surface area contributed by atoms with E-state index in [1.54, 1.807) is 0 Å². The fraction of sp³-hybridized carbons (Fsp3) is 0.818. The largest absolute Gasteiger partial charge is 0.324 e. The van der Waals surface area contributed by atoms with Gasteiger partial charge in [0.2, 0.25) is 0 Å². The molecule has 1 aromatic rings. The zero-order valence-electron chi connectivity index (χ0n) is 11.0. The molecular formula is C11H20N4O2S. The highest BCUT2D eigenvalue weighted by molar-refractivity contribution is 7.91. The highest BCUT2D eigenvalue weighted by atomic mass is 32.2. The maximum Gasteiger partial charge on any atom is 0.151 e. The molecule has 102 valence electrons. The molecule has 0 spiro atoms. The van der Waals surface area contributed by atoms with Gasteiger partial charge in [0.1, 0.15) is 11.6 Å². The minimum Gasteiger partial charge on any atom is -0.324 e. The highest BCUT2D eigenvalue weighted by Crippen LogP contribution is 2.31. The molecule has 1 saturated heterocycles. The summed E-state index contributed by atoms with van der Waals surface area (Å²) in [5, 5.41) is 8.26. The van der Waals surface area contributed by atoms with Gasteiger partial charge in [-0.1, -0.05) is 0 Å². The van der Waals surface area contributed by atoms with Crippen molar-refractivity contribution in [3.63, 3.8) is 0 Å². The topological polar surface area (TPSA) is 90.9 Å². The molecule has 1 fully saturated rings. The summed E-state index contributed by atoms with van der Waals surface area (Å²) in [5.74, 6) is 1.83. The number of nitrogens with two attached hydrogens (primary N) is 1. The van der Waals surface area contributed by atoms with Crippen molar-refractivity contribution in [2.24, 2.45) is 5.73 Å². The van der Waals surface area contributed by atoms with Crippen LogP contribution in [0.3, 0.4) is 0 Å². The number of nitrogens with zero attached hydrogens (tertiary/aromatic N) is 3. The second-order valence-corrected chi connectivity index (χ2v) is 8.01. The molecule has 1 atom stereocenters. The molecule has 2 heterocycles. The van der Waals surface area contributed by atoms with Crippen LogP contribution in [0.5, 0.6) is 0 Å². The molecule has 1 aliphatic heterocycles. The summed E-state index contributed by atoms with van der Waals surface area (Å²) in [6.45, 7) is 6.44. The van der Waals surface area contributed by atoms with Gasteiger partial charge in [-0.25, -0.2) is 8.42 Å². The van der Waals surface area contributed by atoms with Gasteiger partial charge < -0.3 is 10.3 Å². The van der Waals surface area contributed by atoms with Gasteiger partial charge in [-0.2, -0.15) is 0 Å². The second kappa shape index (κ2) is 4.31. The molecule has 6 nitrogen and oxygen atoms in total. The second-order valence-electron chi connectivity index (χ2n) is 5.78. The van der Waals surface area contributed by atoms with Crippen LogP contribution in [0.1, 0.15) is 44.8 Å².